The van der Waals surface area contributed by atoms with Crippen LogP contribution in [0.5, 0.6) is 0 Å². The maximum Gasteiger partial charge on any atom is 0.416 e. The second-order valence-corrected chi connectivity index (χ2v) is 9.96. The predicted molar refractivity (Wildman–Crippen MR) is 107 cm³/mol. The fourth-order valence-corrected chi connectivity index (χ4v) is 3.89. The van der Waals surface area contributed by atoms with Gasteiger partial charge in [0.1, 0.15) is 18.8 Å². The molecule has 2 aromatic rings. The number of halogens is 3. The summed E-state index contributed by atoms with van der Waals surface area (Å²) in [4.78, 5) is 12.3. The van der Waals surface area contributed by atoms with E-state index in [4.69, 9.17) is 0 Å². The summed E-state index contributed by atoms with van der Waals surface area (Å²) in [5.74, 6) is -0.601. The standard InChI is InChI=1S/C21H20F3N2O2P/c1-29(2,28)19-6-4-3-5-16(19)13-17(14-25)20(27)26-12-11-15-7-9-18(10-8-15)21(22,23)24/h3-10,13H,11-12H2,1-2H3,(H,26,27)/b17-13+. The van der Waals surface area contributed by atoms with Crippen molar-refractivity contribution in [3.05, 3.63) is 70.8 Å². The first-order chi connectivity index (χ1) is 13.5. The van der Waals surface area contributed by atoms with Crippen LogP contribution in [0.2, 0.25) is 0 Å². The van der Waals surface area contributed by atoms with Crippen LogP contribution in [0.3, 0.4) is 0 Å². The Kier molecular flexibility index (Phi) is 7.05. The van der Waals surface area contributed by atoms with E-state index >= 15 is 0 Å². The molecule has 0 heterocycles. The number of hydrogen-bond donors (Lipinski definition) is 1. The van der Waals surface area contributed by atoms with Crippen molar-refractivity contribution in [3.8, 4) is 6.07 Å². The Balaban J connectivity index is 2.05. The van der Waals surface area contributed by atoms with Crippen LogP contribution in [0.1, 0.15) is 16.7 Å². The highest BCUT2D eigenvalue weighted by Gasteiger charge is 2.29. The van der Waals surface area contributed by atoms with Crippen LogP contribution in [0.15, 0.2) is 54.1 Å². The molecule has 2 aromatic carbocycles. The molecule has 0 unspecified atom stereocenters. The molecule has 0 atom stereocenters. The number of alkyl halides is 3. The third-order valence-corrected chi connectivity index (χ3v) is 5.73. The molecule has 0 aromatic heterocycles. The fourth-order valence-electron chi connectivity index (χ4n) is 2.68. The molecule has 0 aliphatic heterocycles. The molecule has 1 amide bonds. The van der Waals surface area contributed by atoms with Crippen LogP contribution in [-0.2, 0) is 22.0 Å². The number of rotatable bonds is 6. The highest BCUT2D eigenvalue weighted by atomic mass is 31.2. The normalized spacial score (nSPS) is 12.3. The van der Waals surface area contributed by atoms with Crippen molar-refractivity contribution in [2.75, 3.05) is 19.9 Å². The number of benzene rings is 2. The van der Waals surface area contributed by atoms with Crippen molar-refractivity contribution in [2.24, 2.45) is 0 Å². The minimum atomic E-state index is -4.39. The summed E-state index contributed by atoms with van der Waals surface area (Å²) in [5.41, 5.74) is 0.292. The summed E-state index contributed by atoms with van der Waals surface area (Å²) >= 11 is 0. The monoisotopic (exact) mass is 420 g/mol. The molecule has 0 fully saturated rings. The molecule has 0 spiro atoms. The number of nitriles is 1. The van der Waals surface area contributed by atoms with Gasteiger partial charge in [-0.1, -0.05) is 36.4 Å². The largest absolute Gasteiger partial charge is 0.416 e. The highest BCUT2D eigenvalue weighted by Crippen LogP contribution is 2.36. The van der Waals surface area contributed by atoms with Crippen molar-refractivity contribution in [1.29, 1.82) is 5.26 Å². The average Bonchev–Trinajstić information content (AvgIpc) is 2.65. The number of nitrogens with one attached hydrogen (secondary N) is 1. The molecule has 0 aliphatic carbocycles. The maximum absolute atomic E-state index is 12.6. The number of hydrogen-bond acceptors (Lipinski definition) is 3. The minimum Gasteiger partial charge on any atom is -0.351 e. The van der Waals surface area contributed by atoms with Gasteiger partial charge in [0.25, 0.3) is 5.91 Å². The van der Waals surface area contributed by atoms with Gasteiger partial charge in [0.2, 0.25) is 0 Å². The number of nitrogens with zero attached hydrogens (tertiary/aromatic N) is 1. The maximum atomic E-state index is 12.6. The Morgan fingerprint density at radius 3 is 2.31 bits per heavy atom. The Morgan fingerprint density at radius 2 is 1.76 bits per heavy atom. The summed E-state index contributed by atoms with van der Waals surface area (Å²) in [5, 5.41) is 12.5. The number of carbonyl (C=O) groups excluding carboxylic acids is 1. The first kappa shape index (κ1) is 22.4. The van der Waals surface area contributed by atoms with Crippen LogP contribution in [0.4, 0.5) is 13.2 Å². The van der Waals surface area contributed by atoms with E-state index < -0.39 is 24.8 Å². The summed E-state index contributed by atoms with van der Waals surface area (Å²) in [6.07, 6.45) is -2.68. The second kappa shape index (κ2) is 9.11. The van der Waals surface area contributed by atoms with Gasteiger partial charge in [-0.3, -0.25) is 4.79 Å². The van der Waals surface area contributed by atoms with Gasteiger partial charge in [-0.25, -0.2) is 0 Å². The lowest BCUT2D eigenvalue weighted by molar-refractivity contribution is -0.137. The Hall–Kier alpha value is -2.84. The molecule has 8 heteroatoms. The van der Waals surface area contributed by atoms with E-state index in [2.05, 4.69) is 5.32 Å². The molecule has 29 heavy (non-hydrogen) atoms. The molecule has 1 N–H and O–H groups in total. The van der Waals surface area contributed by atoms with Crippen LogP contribution in [-0.4, -0.2) is 25.8 Å². The first-order valence-electron chi connectivity index (χ1n) is 8.73. The van der Waals surface area contributed by atoms with Crippen molar-refractivity contribution in [1.82, 2.24) is 5.32 Å². The molecular weight excluding hydrogens is 400 g/mol. The fraction of sp³-hybridized carbons (Fsp3) is 0.238. The molecule has 0 aliphatic rings. The van der Waals surface area contributed by atoms with Crippen LogP contribution < -0.4 is 10.6 Å². The van der Waals surface area contributed by atoms with Gasteiger partial charge in [-0.2, -0.15) is 18.4 Å². The Morgan fingerprint density at radius 1 is 1.14 bits per heavy atom. The second-order valence-electron chi connectivity index (χ2n) is 6.78. The van der Waals surface area contributed by atoms with E-state index in [0.717, 1.165) is 12.1 Å². The predicted octanol–water partition coefficient (Wildman–Crippen LogP) is 4.22. The number of carbonyl (C=O) groups is 1. The van der Waals surface area contributed by atoms with E-state index in [1.807, 2.05) is 6.07 Å². The minimum absolute atomic E-state index is 0.140. The summed E-state index contributed by atoms with van der Waals surface area (Å²) in [7, 11) is -2.60. The summed E-state index contributed by atoms with van der Waals surface area (Å²) < 4.78 is 50.1. The quantitative estimate of drug-likeness (QED) is 0.432. The van der Waals surface area contributed by atoms with Crippen molar-refractivity contribution >= 4 is 24.4 Å². The molecule has 4 nitrogen and oxygen atoms in total. The molecule has 0 radical (unpaired) electrons. The van der Waals surface area contributed by atoms with E-state index in [1.54, 1.807) is 37.6 Å². The lowest BCUT2D eigenvalue weighted by Crippen LogP contribution is -2.27. The van der Waals surface area contributed by atoms with Crippen molar-refractivity contribution in [3.63, 3.8) is 0 Å². The third kappa shape index (κ3) is 6.33. The van der Waals surface area contributed by atoms with E-state index in [9.17, 15) is 27.8 Å². The zero-order valence-corrected chi connectivity index (χ0v) is 16.8. The van der Waals surface area contributed by atoms with Gasteiger partial charge in [0.15, 0.2) is 0 Å². The zero-order valence-electron chi connectivity index (χ0n) is 16.0. The van der Waals surface area contributed by atoms with E-state index in [-0.39, 0.29) is 12.1 Å². The lowest BCUT2D eigenvalue weighted by Gasteiger charge is -2.11. The lowest BCUT2D eigenvalue weighted by atomic mass is 10.1. The van der Waals surface area contributed by atoms with Crippen molar-refractivity contribution in [2.45, 2.75) is 12.6 Å². The summed E-state index contributed by atoms with van der Waals surface area (Å²) in [6.45, 7) is 3.37. The molecule has 0 bridgehead atoms. The van der Waals surface area contributed by atoms with Gasteiger partial charge < -0.3 is 9.88 Å². The van der Waals surface area contributed by atoms with E-state index in [1.165, 1.54) is 18.2 Å². The average molecular weight is 420 g/mol. The molecule has 0 saturated carbocycles. The van der Waals surface area contributed by atoms with Gasteiger partial charge >= 0.3 is 6.18 Å². The van der Waals surface area contributed by atoms with Gasteiger partial charge in [0.05, 0.1) is 5.56 Å². The van der Waals surface area contributed by atoms with E-state index in [0.29, 0.717) is 22.9 Å². The van der Waals surface area contributed by atoms with Gasteiger partial charge in [0, 0.05) is 11.8 Å². The summed E-state index contributed by atoms with van der Waals surface area (Å²) in [6, 6.07) is 13.4. The SMILES string of the molecule is CP(C)(=O)c1ccccc1/C=C(\C#N)C(=O)NCCc1ccc(C(F)(F)F)cc1. The first-order valence-corrected chi connectivity index (χ1v) is 11.3. The van der Waals surface area contributed by atoms with Crippen LogP contribution in [0, 0.1) is 11.3 Å². The van der Waals surface area contributed by atoms with Crippen molar-refractivity contribution < 1.29 is 22.5 Å². The Bertz CT molecular complexity index is 1000. The Labute approximate surface area is 167 Å². The number of amides is 1. The molecule has 0 saturated heterocycles. The van der Waals surface area contributed by atoms with Crippen LogP contribution >= 0.6 is 7.14 Å². The zero-order chi connectivity index (χ0) is 21.7. The van der Waals surface area contributed by atoms with Crippen LogP contribution in [0.25, 0.3) is 6.08 Å². The van der Waals surface area contributed by atoms with Gasteiger partial charge in [-0.15, -0.1) is 0 Å². The topological polar surface area (TPSA) is 70.0 Å². The third-order valence-electron chi connectivity index (χ3n) is 4.16. The smallest absolute Gasteiger partial charge is 0.351 e. The molecule has 152 valence electrons. The highest BCUT2D eigenvalue weighted by molar-refractivity contribution is 7.70. The van der Waals surface area contributed by atoms with Gasteiger partial charge in [-0.05, 0) is 49.1 Å². The molecule has 2 rings (SSSR count). The molecular formula is C21H20F3N2O2P.